The number of ether oxygens (including phenoxy) is 2. The van der Waals surface area contributed by atoms with Crippen LogP contribution in [0.15, 0.2) is 11.6 Å². The number of aliphatic hydroxyl groups is 3. The molecule has 1 heterocycles. The molecule has 1 saturated heterocycles. The van der Waals surface area contributed by atoms with Crippen LogP contribution in [0.2, 0.25) is 0 Å². The molecule has 0 aromatic heterocycles. The molecule has 0 radical (unpaired) electrons. The van der Waals surface area contributed by atoms with E-state index in [2.05, 4.69) is 0 Å². The van der Waals surface area contributed by atoms with Gasteiger partial charge < -0.3 is 29.9 Å². The number of carbonyl (C=O) groups is 2. The van der Waals surface area contributed by atoms with Crippen LogP contribution in [-0.4, -0.2) is 69.0 Å². The van der Waals surface area contributed by atoms with E-state index in [-0.39, 0.29) is 54.7 Å². The lowest BCUT2D eigenvalue weighted by molar-refractivity contribution is -0.162. The maximum atomic E-state index is 12.5. The zero-order chi connectivity index (χ0) is 21.5. The third-order valence-corrected chi connectivity index (χ3v) is 6.69. The van der Waals surface area contributed by atoms with Crippen molar-refractivity contribution in [3.8, 4) is 0 Å². The molecule has 0 bridgehead atoms. The van der Waals surface area contributed by atoms with Gasteiger partial charge in [-0.05, 0) is 17.9 Å². The van der Waals surface area contributed by atoms with Crippen molar-refractivity contribution in [3.05, 3.63) is 11.6 Å². The summed E-state index contributed by atoms with van der Waals surface area (Å²) in [4.78, 5) is 23.3. The Morgan fingerprint density at radius 1 is 1.34 bits per heavy atom. The van der Waals surface area contributed by atoms with E-state index >= 15 is 0 Å². The fourth-order valence-corrected chi connectivity index (χ4v) is 4.96. The van der Waals surface area contributed by atoms with E-state index in [1.807, 2.05) is 13.8 Å². The van der Waals surface area contributed by atoms with Crippen LogP contribution in [0.5, 0.6) is 0 Å². The molecule has 10 atom stereocenters. The van der Waals surface area contributed by atoms with Crippen molar-refractivity contribution >= 4 is 11.9 Å². The summed E-state index contributed by atoms with van der Waals surface area (Å²) in [6.45, 7) is 5.64. The Morgan fingerprint density at radius 3 is 2.66 bits per heavy atom. The summed E-state index contributed by atoms with van der Waals surface area (Å²) in [7, 11) is 0. The number of rotatable bonds is 8. The van der Waals surface area contributed by atoms with Crippen LogP contribution in [-0.2, 0) is 19.1 Å². The molecule has 8 nitrogen and oxygen atoms in total. The Hall–Kier alpha value is -1.48. The zero-order valence-corrected chi connectivity index (χ0v) is 17.1. The maximum Gasteiger partial charge on any atom is 0.308 e. The van der Waals surface area contributed by atoms with Crippen LogP contribution >= 0.6 is 0 Å². The lowest BCUT2D eigenvalue weighted by Crippen LogP contribution is -2.51. The largest absolute Gasteiger partial charge is 0.481 e. The van der Waals surface area contributed by atoms with Crippen LogP contribution < -0.4 is 0 Å². The number of carboxylic acid groups (broad SMARTS) is 1. The molecule has 0 aromatic carbocycles. The molecule has 1 aliphatic heterocycles. The second-order valence-corrected chi connectivity index (χ2v) is 8.79. The van der Waals surface area contributed by atoms with Gasteiger partial charge in [-0.15, -0.1) is 0 Å². The molecule has 1 unspecified atom stereocenters. The molecular formula is C21H32O8. The molecule has 3 rings (SSSR count). The highest BCUT2D eigenvalue weighted by atomic mass is 16.6. The molecule has 3 aliphatic rings. The quantitative estimate of drug-likeness (QED) is 0.262. The Bertz CT molecular complexity index is 661. The molecule has 0 spiro atoms. The number of aliphatic hydroxyl groups excluding tert-OH is 3. The molecule has 2 fully saturated rings. The summed E-state index contributed by atoms with van der Waals surface area (Å²) in [5, 5.41) is 40.2. The van der Waals surface area contributed by atoms with Gasteiger partial charge >= 0.3 is 11.9 Å². The minimum Gasteiger partial charge on any atom is -0.481 e. The second kappa shape index (κ2) is 8.71. The van der Waals surface area contributed by atoms with Crippen molar-refractivity contribution in [2.45, 2.75) is 83.1 Å². The van der Waals surface area contributed by atoms with E-state index in [1.54, 1.807) is 13.0 Å². The predicted molar refractivity (Wildman–Crippen MR) is 102 cm³/mol. The second-order valence-electron chi connectivity index (χ2n) is 8.79. The van der Waals surface area contributed by atoms with E-state index in [9.17, 15) is 24.9 Å². The number of fused-ring (bicyclic) bond motifs is 3. The summed E-state index contributed by atoms with van der Waals surface area (Å²) in [6.07, 6.45) is -1.68. The van der Waals surface area contributed by atoms with Crippen molar-refractivity contribution in [1.29, 1.82) is 0 Å². The van der Waals surface area contributed by atoms with Gasteiger partial charge in [0.15, 0.2) is 0 Å². The number of aliphatic carboxylic acids is 1. The number of hydrogen-bond acceptors (Lipinski definition) is 7. The number of esters is 1. The smallest absolute Gasteiger partial charge is 0.308 e. The third kappa shape index (κ3) is 4.66. The fraction of sp³-hybridized carbons (Fsp3) is 0.810. The van der Waals surface area contributed by atoms with Gasteiger partial charge in [0.2, 0.25) is 0 Å². The van der Waals surface area contributed by atoms with E-state index < -0.39 is 36.8 Å². The highest BCUT2D eigenvalue weighted by Crippen LogP contribution is 2.54. The predicted octanol–water partition coefficient (Wildman–Crippen LogP) is 0.871. The molecule has 0 aromatic rings. The van der Waals surface area contributed by atoms with E-state index in [0.29, 0.717) is 6.42 Å². The van der Waals surface area contributed by atoms with Crippen molar-refractivity contribution in [1.82, 2.24) is 0 Å². The number of carboxylic acids is 1. The molecule has 8 heteroatoms. The van der Waals surface area contributed by atoms with E-state index in [0.717, 1.165) is 5.57 Å². The SMILES string of the molecule is CC[C@H](C)C(=O)O[C@H]1C[C@H](O)C=C2C1[C@@H]([C@H](O)C[C@@H](O)CC(=O)O)[C@@H](C)[C@@H]1O[C@H]21. The van der Waals surface area contributed by atoms with Crippen LogP contribution in [0.3, 0.4) is 0 Å². The normalized spacial score (nSPS) is 38.7. The van der Waals surface area contributed by atoms with Gasteiger partial charge in [0.05, 0.1) is 36.8 Å². The highest BCUT2D eigenvalue weighted by Gasteiger charge is 2.61. The maximum absolute atomic E-state index is 12.5. The fourth-order valence-electron chi connectivity index (χ4n) is 4.96. The third-order valence-electron chi connectivity index (χ3n) is 6.69. The van der Waals surface area contributed by atoms with E-state index in [4.69, 9.17) is 14.6 Å². The molecule has 29 heavy (non-hydrogen) atoms. The van der Waals surface area contributed by atoms with Crippen molar-refractivity contribution in [2.75, 3.05) is 0 Å². The number of hydrogen-bond donors (Lipinski definition) is 4. The van der Waals surface area contributed by atoms with Crippen LogP contribution in [0.4, 0.5) is 0 Å². The summed E-state index contributed by atoms with van der Waals surface area (Å²) < 4.78 is 11.6. The van der Waals surface area contributed by atoms with Gasteiger partial charge in [-0.3, -0.25) is 9.59 Å². The van der Waals surface area contributed by atoms with E-state index in [1.165, 1.54) is 0 Å². The molecule has 2 aliphatic carbocycles. The van der Waals surface area contributed by atoms with Gasteiger partial charge in [0, 0.05) is 24.7 Å². The minimum absolute atomic E-state index is 0.0609. The lowest BCUT2D eigenvalue weighted by atomic mass is 9.62. The standard InChI is InChI=1S/C21H32O8/c1-4-9(2)21(27)28-15-7-11(22)5-13-18(15)17(10(3)19-20(13)29-19)14(24)6-12(23)8-16(25)26/h5,9-12,14-15,17-20,22-24H,4,6-8H2,1-3H3,(H,25,26)/t9-,10+,11+,12+,14+,15-,17+,18?,19-,20+/m0/s1. The summed E-state index contributed by atoms with van der Waals surface area (Å²) in [5.41, 5.74) is 0.838. The first-order valence-corrected chi connectivity index (χ1v) is 10.5. The van der Waals surface area contributed by atoms with Gasteiger partial charge in [-0.25, -0.2) is 0 Å². The molecule has 1 saturated carbocycles. The molecular weight excluding hydrogens is 380 g/mol. The molecule has 4 N–H and O–H groups in total. The topological polar surface area (TPSA) is 137 Å². The van der Waals surface area contributed by atoms with Crippen molar-refractivity contribution in [3.63, 3.8) is 0 Å². The number of epoxide rings is 1. The Labute approximate surface area is 170 Å². The first kappa shape index (κ1) is 22.2. The average molecular weight is 412 g/mol. The van der Waals surface area contributed by atoms with Gasteiger partial charge in [0.1, 0.15) is 12.2 Å². The Kier molecular flexibility index (Phi) is 6.67. The summed E-state index contributed by atoms with van der Waals surface area (Å²) in [5.74, 6) is -2.51. The summed E-state index contributed by atoms with van der Waals surface area (Å²) >= 11 is 0. The van der Waals surface area contributed by atoms with Crippen LogP contribution in [0, 0.1) is 23.7 Å². The average Bonchev–Trinajstić information content (AvgIpc) is 3.42. The van der Waals surface area contributed by atoms with Crippen LogP contribution in [0.25, 0.3) is 0 Å². The lowest BCUT2D eigenvalue weighted by Gasteiger charge is -2.45. The van der Waals surface area contributed by atoms with Crippen molar-refractivity contribution < 1.29 is 39.5 Å². The van der Waals surface area contributed by atoms with Gasteiger partial charge in [-0.1, -0.05) is 26.8 Å². The van der Waals surface area contributed by atoms with Crippen LogP contribution in [0.1, 0.15) is 46.5 Å². The highest BCUT2D eigenvalue weighted by molar-refractivity contribution is 5.72. The van der Waals surface area contributed by atoms with Crippen molar-refractivity contribution in [2.24, 2.45) is 23.7 Å². The van der Waals surface area contributed by atoms with Gasteiger partial charge in [-0.2, -0.15) is 0 Å². The first-order chi connectivity index (χ1) is 13.6. The minimum atomic E-state index is -1.17. The zero-order valence-electron chi connectivity index (χ0n) is 17.1. The monoisotopic (exact) mass is 412 g/mol. The number of carbonyl (C=O) groups excluding carboxylic acids is 1. The molecule has 0 amide bonds. The summed E-state index contributed by atoms with van der Waals surface area (Å²) in [6, 6.07) is 0. The van der Waals surface area contributed by atoms with Gasteiger partial charge in [0.25, 0.3) is 0 Å². The first-order valence-electron chi connectivity index (χ1n) is 10.5. The Morgan fingerprint density at radius 2 is 2.03 bits per heavy atom. The Balaban J connectivity index is 1.84. The molecule has 164 valence electrons.